The average Bonchev–Trinajstić information content (AvgIpc) is 2.18. The predicted molar refractivity (Wildman–Crippen MR) is 66.5 cm³/mol. The Morgan fingerprint density at radius 1 is 1.38 bits per heavy atom. The second-order valence-electron chi connectivity index (χ2n) is 5.01. The van der Waals surface area contributed by atoms with Crippen molar-refractivity contribution >= 4 is 15.9 Å². The van der Waals surface area contributed by atoms with Crippen molar-refractivity contribution in [1.82, 2.24) is 0 Å². The number of rotatable bonds is 2. The number of hydrogen-bond donors (Lipinski definition) is 2. The molecule has 90 valence electrons. The van der Waals surface area contributed by atoms with Crippen LogP contribution in [0.4, 0.5) is 4.39 Å². The van der Waals surface area contributed by atoms with E-state index in [4.69, 9.17) is 5.73 Å². The van der Waals surface area contributed by atoms with E-state index in [1.54, 1.807) is 12.1 Å². The monoisotopic (exact) mass is 289 g/mol. The zero-order valence-electron chi connectivity index (χ0n) is 9.67. The number of hydrogen-bond acceptors (Lipinski definition) is 2. The summed E-state index contributed by atoms with van der Waals surface area (Å²) in [6.45, 7) is 5.69. The van der Waals surface area contributed by atoms with Crippen LogP contribution in [0.5, 0.6) is 0 Å². The van der Waals surface area contributed by atoms with Gasteiger partial charge in [0, 0.05) is 0 Å². The Kier molecular flexibility index (Phi) is 4.10. The van der Waals surface area contributed by atoms with Gasteiger partial charge in [0.25, 0.3) is 0 Å². The highest BCUT2D eigenvalue weighted by molar-refractivity contribution is 9.10. The molecule has 0 aliphatic heterocycles. The van der Waals surface area contributed by atoms with E-state index in [1.807, 2.05) is 20.8 Å². The molecular weight excluding hydrogens is 273 g/mol. The topological polar surface area (TPSA) is 46.2 Å². The molecule has 0 saturated carbocycles. The van der Waals surface area contributed by atoms with E-state index in [9.17, 15) is 9.50 Å². The number of aliphatic hydroxyl groups excluding tert-OH is 1. The summed E-state index contributed by atoms with van der Waals surface area (Å²) in [5.41, 5.74) is 6.18. The average molecular weight is 290 g/mol. The van der Waals surface area contributed by atoms with E-state index in [0.717, 1.165) is 0 Å². The minimum atomic E-state index is -0.715. The van der Waals surface area contributed by atoms with Gasteiger partial charge in [-0.3, -0.25) is 0 Å². The summed E-state index contributed by atoms with van der Waals surface area (Å²) in [5, 5.41) is 10.0. The molecule has 3 N–H and O–H groups in total. The van der Waals surface area contributed by atoms with E-state index in [0.29, 0.717) is 10.0 Å². The predicted octanol–water partition coefficient (Wildman–Crippen LogP) is 3.00. The van der Waals surface area contributed by atoms with Crippen LogP contribution in [0.2, 0.25) is 0 Å². The minimum absolute atomic E-state index is 0.330. The molecule has 0 fully saturated rings. The molecule has 0 aliphatic rings. The lowest BCUT2D eigenvalue weighted by Gasteiger charge is -2.31. The molecule has 4 heteroatoms. The molecule has 0 heterocycles. The van der Waals surface area contributed by atoms with E-state index in [1.165, 1.54) is 6.07 Å². The lowest BCUT2D eigenvalue weighted by atomic mass is 9.82. The Bertz CT molecular complexity index is 376. The molecule has 0 radical (unpaired) electrons. The summed E-state index contributed by atoms with van der Waals surface area (Å²) >= 11 is 3.08. The van der Waals surface area contributed by atoms with Crippen molar-refractivity contribution in [1.29, 1.82) is 0 Å². The normalized spacial score (nSPS) is 15.9. The molecule has 0 bridgehead atoms. The highest BCUT2D eigenvalue weighted by Gasteiger charge is 2.29. The molecule has 1 aromatic carbocycles. The summed E-state index contributed by atoms with van der Waals surface area (Å²) in [4.78, 5) is 0. The van der Waals surface area contributed by atoms with Crippen molar-refractivity contribution < 1.29 is 9.50 Å². The van der Waals surface area contributed by atoms with Crippen molar-refractivity contribution in [3.05, 3.63) is 34.1 Å². The molecule has 0 aliphatic carbocycles. The summed E-state index contributed by atoms with van der Waals surface area (Å²) in [7, 11) is 0. The van der Waals surface area contributed by atoms with Crippen LogP contribution in [-0.2, 0) is 0 Å². The van der Waals surface area contributed by atoms with Crippen LogP contribution < -0.4 is 5.73 Å². The van der Waals surface area contributed by atoms with Gasteiger partial charge in [-0.15, -0.1) is 0 Å². The van der Waals surface area contributed by atoms with Crippen molar-refractivity contribution in [3.8, 4) is 0 Å². The van der Waals surface area contributed by atoms with Crippen LogP contribution in [-0.4, -0.2) is 11.2 Å². The first-order valence-electron chi connectivity index (χ1n) is 5.12. The molecule has 0 aromatic heterocycles. The zero-order valence-corrected chi connectivity index (χ0v) is 11.3. The maximum atomic E-state index is 13.3. The largest absolute Gasteiger partial charge is 0.391 e. The highest BCUT2D eigenvalue weighted by Crippen LogP contribution is 2.29. The molecule has 1 rings (SSSR count). The zero-order chi connectivity index (χ0) is 12.5. The van der Waals surface area contributed by atoms with Gasteiger partial charge in [-0.05, 0) is 39.0 Å². The second-order valence-corrected chi connectivity index (χ2v) is 5.86. The molecule has 0 unspecified atom stereocenters. The third kappa shape index (κ3) is 3.03. The van der Waals surface area contributed by atoms with Crippen LogP contribution in [0.3, 0.4) is 0 Å². The van der Waals surface area contributed by atoms with E-state index in [-0.39, 0.29) is 11.2 Å². The maximum Gasteiger partial charge on any atom is 0.137 e. The Morgan fingerprint density at radius 3 is 2.38 bits per heavy atom. The molecule has 2 nitrogen and oxygen atoms in total. The van der Waals surface area contributed by atoms with E-state index in [2.05, 4.69) is 15.9 Å². The third-order valence-electron chi connectivity index (χ3n) is 2.56. The van der Waals surface area contributed by atoms with Crippen LogP contribution >= 0.6 is 15.9 Å². The quantitative estimate of drug-likeness (QED) is 0.879. The van der Waals surface area contributed by atoms with Gasteiger partial charge in [-0.25, -0.2) is 4.39 Å². The highest BCUT2D eigenvalue weighted by atomic mass is 79.9. The minimum Gasteiger partial charge on any atom is -0.391 e. The standard InChI is InChI=1S/C12H17BrFNO/c1-12(2,3)11(16)10(15)7-4-5-8(13)9(14)6-7/h4-6,10-11,16H,15H2,1-3H3/t10-,11-/m0/s1. The molecule has 0 spiro atoms. The molecule has 2 atom stereocenters. The lowest BCUT2D eigenvalue weighted by Crippen LogP contribution is -2.37. The van der Waals surface area contributed by atoms with Crippen LogP contribution in [0.15, 0.2) is 22.7 Å². The summed E-state index contributed by atoms with van der Waals surface area (Å²) in [5.74, 6) is -0.367. The first-order chi connectivity index (χ1) is 7.23. The van der Waals surface area contributed by atoms with Gasteiger partial charge in [0.1, 0.15) is 5.82 Å². The first-order valence-corrected chi connectivity index (χ1v) is 5.91. The summed E-state index contributed by atoms with van der Waals surface area (Å²) in [6, 6.07) is 4.08. The molecule has 16 heavy (non-hydrogen) atoms. The smallest absolute Gasteiger partial charge is 0.137 e. The van der Waals surface area contributed by atoms with E-state index >= 15 is 0 Å². The Balaban J connectivity index is 2.97. The van der Waals surface area contributed by atoms with Gasteiger partial charge in [0.15, 0.2) is 0 Å². The van der Waals surface area contributed by atoms with Crippen LogP contribution in [0.1, 0.15) is 32.4 Å². The van der Waals surface area contributed by atoms with E-state index < -0.39 is 12.1 Å². The van der Waals surface area contributed by atoms with Gasteiger partial charge >= 0.3 is 0 Å². The van der Waals surface area contributed by atoms with Crippen molar-refractivity contribution in [2.24, 2.45) is 11.1 Å². The molecule has 0 saturated heterocycles. The van der Waals surface area contributed by atoms with Gasteiger partial charge < -0.3 is 10.8 Å². The van der Waals surface area contributed by atoms with Crippen LogP contribution in [0, 0.1) is 11.2 Å². The number of halogens is 2. The Hall–Kier alpha value is -0.450. The fourth-order valence-corrected chi connectivity index (χ4v) is 1.69. The fourth-order valence-electron chi connectivity index (χ4n) is 1.44. The molecule has 1 aromatic rings. The Morgan fingerprint density at radius 2 is 1.94 bits per heavy atom. The second kappa shape index (κ2) is 4.82. The fraction of sp³-hybridized carbons (Fsp3) is 0.500. The summed E-state index contributed by atoms with van der Waals surface area (Å²) < 4.78 is 13.7. The molecule has 0 amide bonds. The van der Waals surface area contributed by atoms with Crippen molar-refractivity contribution in [3.63, 3.8) is 0 Å². The maximum absolute atomic E-state index is 13.3. The number of nitrogens with two attached hydrogens (primary N) is 1. The summed E-state index contributed by atoms with van der Waals surface area (Å²) in [6.07, 6.45) is -0.715. The van der Waals surface area contributed by atoms with Gasteiger partial charge in [0.05, 0.1) is 16.6 Å². The van der Waals surface area contributed by atoms with Gasteiger partial charge in [-0.2, -0.15) is 0 Å². The molecular formula is C12H17BrFNO. The SMILES string of the molecule is CC(C)(C)[C@@H](O)[C@@H](N)c1ccc(Br)c(F)c1. The van der Waals surface area contributed by atoms with Crippen LogP contribution in [0.25, 0.3) is 0 Å². The number of benzene rings is 1. The van der Waals surface area contributed by atoms with Gasteiger partial charge in [0.2, 0.25) is 0 Å². The lowest BCUT2D eigenvalue weighted by molar-refractivity contribution is 0.0400. The van der Waals surface area contributed by atoms with Crippen molar-refractivity contribution in [2.75, 3.05) is 0 Å². The third-order valence-corrected chi connectivity index (χ3v) is 3.20. The Labute approximate surface area is 104 Å². The first kappa shape index (κ1) is 13.6. The van der Waals surface area contributed by atoms with Crippen molar-refractivity contribution in [2.45, 2.75) is 32.9 Å². The van der Waals surface area contributed by atoms with Gasteiger partial charge in [-0.1, -0.05) is 26.8 Å². The number of aliphatic hydroxyl groups is 1.